The molecule has 4 aromatic rings. The van der Waals surface area contributed by atoms with Crippen LogP contribution in [0.4, 0.5) is 5.69 Å². The Kier molecular flexibility index (Phi) is 4.90. The maximum atomic E-state index is 5.69. The molecule has 0 aliphatic rings. The van der Waals surface area contributed by atoms with Crippen LogP contribution in [0.15, 0.2) is 42.7 Å². The maximum Gasteiger partial charge on any atom is 0.201 e. The summed E-state index contributed by atoms with van der Waals surface area (Å²) in [4.78, 5) is 11.3. The molecule has 28 heavy (non-hydrogen) atoms. The molecule has 10 heteroatoms. The molecule has 2 aromatic heterocycles. The Morgan fingerprint density at radius 1 is 1.07 bits per heavy atom. The van der Waals surface area contributed by atoms with Crippen LogP contribution in [0.3, 0.4) is 0 Å². The fourth-order valence-electron chi connectivity index (χ4n) is 2.94. The first-order chi connectivity index (χ1) is 13.7. The Morgan fingerprint density at radius 2 is 1.89 bits per heavy atom. The number of benzene rings is 2. The molecule has 0 aliphatic carbocycles. The Labute approximate surface area is 165 Å². The number of anilines is 1. The molecule has 0 aliphatic heterocycles. The topological polar surface area (TPSA) is 99.9 Å². The molecule has 0 bridgehead atoms. The van der Waals surface area contributed by atoms with Crippen molar-refractivity contribution in [1.82, 2.24) is 30.2 Å². The van der Waals surface area contributed by atoms with E-state index in [-0.39, 0.29) is 0 Å². The number of halogens is 1. The zero-order valence-corrected chi connectivity index (χ0v) is 15.9. The molecule has 0 amide bonds. The van der Waals surface area contributed by atoms with Crippen LogP contribution in [0.2, 0.25) is 0 Å². The second kappa shape index (κ2) is 7.65. The highest BCUT2D eigenvalue weighted by atomic mass is 35.5. The fourth-order valence-corrected chi connectivity index (χ4v) is 3.06. The number of tetrazole rings is 1. The van der Waals surface area contributed by atoms with Crippen molar-refractivity contribution in [2.45, 2.75) is 6.54 Å². The number of aromatic nitrogens is 6. The van der Waals surface area contributed by atoms with Crippen molar-refractivity contribution in [2.75, 3.05) is 19.1 Å². The quantitative estimate of drug-likeness (QED) is 0.496. The second-order valence-electron chi connectivity index (χ2n) is 5.90. The van der Waals surface area contributed by atoms with Gasteiger partial charge in [-0.15, -0.1) is 5.10 Å². The molecule has 0 fully saturated rings. The van der Waals surface area contributed by atoms with Crippen molar-refractivity contribution in [1.29, 1.82) is 0 Å². The molecular formula is C18H16ClN7O2. The van der Waals surface area contributed by atoms with Crippen molar-refractivity contribution in [3.63, 3.8) is 0 Å². The summed E-state index contributed by atoms with van der Waals surface area (Å²) in [6.45, 7) is 0.452. The van der Waals surface area contributed by atoms with E-state index in [1.54, 1.807) is 25.0 Å². The van der Waals surface area contributed by atoms with Gasteiger partial charge in [-0.05, 0) is 34.2 Å². The minimum atomic E-state index is 0.452. The van der Waals surface area contributed by atoms with Gasteiger partial charge in [-0.2, -0.15) is 0 Å². The number of ether oxygens (including phenoxy) is 2. The minimum absolute atomic E-state index is 0.452. The predicted octanol–water partition coefficient (Wildman–Crippen LogP) is 2.91. The van der Waals surface area contributed by atoms with Crippen molar-refractivity contribution < 1.29 is 9.47 Å². The second-order valence-corrected chi connectivity index (χ2v) is 6.09. The molecule has 142 valence electrons. The van der Waals surface area contributed by atoms with E-state index >= 15 is 0 Å². The molecule has 0 radical (unpaired) electrons. The lowest BCUT2D eigenvalue weighted by atomic mass is 10.1. The lowest BCUT2D eigenvalue weighted by molar-refractivity contribution is 0.356. The van der Waals surface area contributed by atoms with E-state index in [0.717, 1.165) is 16.6 Å². The molecule has 2 heterocycles. The lowest BCUT2D eigenvalue weighted by Gasteiger charge is -2.11. The van der Waals surface area contributed by atoms with Crippen LogP contribution in [-0.4, -0.2) is 44.4 Å². The molecular weight excluding hydrogens is 382 g/mol. The molecule has 1 N–H and O–H groups in total. The van der Waals surface area contributed by atoms with E-state index in [2.05, 4.69) is 30.3 Å². The molecule has 0 unspecified atom stereocenters. The number of nitrogens with one attached hydrogen (secondary N) is 1. The van der Waals surface area contributed by atoms with E-state index in [1.807, 2.05) is 30.3 Å². The van der Waals surface area contributed by atoms with Crippen molar-refractivity contribution in [2.24, 2.45) is 0 Å². The summed E-state index contributed by atoms with van der Waals surface area (Å²) < 4.78 is 12.4. The Morgan fingerprint density at radius 3 is 2.68 bits per heavy atom. The van der Waals surface area contributed by atoms with Crippen LogP contribution in [0.25, 0.3) is 22.4 Å². The maximum absolute atomic E-state index is 5.69. The van der Waals surface area contributed by atoms with E-state index in [1.165, 1.54) is 6.33 Å². The van der Waals surface area contributed by atoms with Gasteiger partial charge in [0.2, 0.25) is 5.82 Å². The SMILES string of the molecule is COc1cc2ncnc(-c3nnnn3Cc3cccc(NCl)c3)c2cc1OC. The van der Waals surface area contributed by atoms with Gasteiger partial charge in [-0.1, -0.05) is 12.1 Å². The third kappa shape index (κ3) is 3.27. The summed E-state index contributed by atoms with van der Waals surface area (Å²) in [6.07, 6.45) is 1.47. The monoisotopic (exact) mass is 397 g/mol. The van der Waals surface area contributed by atoms with Gasteiger partial charge in [0.1, 0.15) is 12.0 Å². The van der Waals surface area contributed by atoms with Crippen molar-refractivity contribution >= 4 is 28.4 Å². The van der Waals surface area contributed by atoms with Crippen molar-refractivity contribution in [3.05, 3.63) is 48.3 Å². The van der Waals surface area contributed by atoms with Crippen LogP contribution < -0.4 is 14.3 Å². The van der Waals surface area contributed by atoms with E-state index in [0.29, 0.717) is 35.1 Å². The number of hydrogen-bond acceptors (Lipinski definition) is 8. The molecule has 0 atom stereocenters. The molecule has 0 spiro atoms. The summed E-state index contributed by atoms with van der Waals surface area (Å²) in [7, 11) is 3.16. The lowest BCUT2D eigenvalue weighted by Crippen LogP contribution is -2.06. The van der Waals surface area contributed by atoms with Gasteiger partial charge in [-0.25, -0.2) is 14.6 Å². The van der Waals surface area contributed by atoms with Gasteiger partial charge in [-0.3, -0.25) is 4.84 Å². The third-order valence-electron chi connectivity index (χ3n) is 4.25. The fraction of sp³-hybridized carbons (Fsp3) is 0.167. The number of nitrogens with zero attached hydrogens (tertiary/aromatic N) is 6. The van der Waals surface area contributed by atoms with Crippen LogP contribution >= 0.6 is 11.8 Å². The molecule has 2 aromatic carbocycles. The van der Waals surface area contributed by atoms with Gasteiger partial charge >= 0.3 is 0 Å². The highest BCUT2D eigenvalue weighted by Crippen LogP contribution is 2.34. The van der Waals surface area contributed by atoms with E-state index < -0.39 is 0 Å². The smallest absolute Gasteiger partial charge is 0.201 e. The zero-order chi connectivity index (χ0) is 19.5. The van der Waals surface area contributed by atoms with Gasteiger partial charge in [0, 0.05) is 28.9 Å². The molecule has 0 saturated heterocycles. The van der Waals surface area contributed by atoms with Gasteiger partial charge in [0.05, 0.1) is 26.3 Å². The van der Waals surface area contributed by atoms with Crippen LogP contribution in [-0.2, 0) is 6.54 Å². The minimum Gasteiger partial charge on any atom is -0.493 e. The van der Waals surface area contributed by atoms with E-state index in [4.69, 9.17) is 21.3 Å². The largest absolute Gasteiger partial charge is 0.493 e. The van der Waals surface area contributed by atoms with Gasteiger partial charge in [0.25, 0.3) is 0 Å². The average Bonchev–Trinajstić information content (AvgIpc) is 3.20. The first-order valence-electron chi connectivity index (χ1n) is 8.32. The summed E-state index contributed by atoms with van der Waals surface area (Å²) in [5.74, 6) is 1.68. The Balaban J connectivity index is 1.80. The first kappa shape index (κ1) is 17.9. The Bertz CT molecular complexity index is 1130. The molecule has 9 nitrogen and oxygen atoms in total. The van der Waals surface area contributed by atoms with Crippen molar-refractivity contribution in [3.8, 4) is 23.0 Å². The average molecular weight is 398 g/mol. The van der Waals surface area contributed by atoms with Crippen LogP contribution in [0.5, 0.6) is 11.5 Å². The highest BCUT2D eigenvalue weighted by molar-refractivity contribution is 6.23. The third-order valence-corrected chi connectivity index (χ3v) is 4.47. The van der Waals surface area contributed by atoms with Crippen LogP contribution in [0, 0.1) is 0 Å². The number of methoxy groups -OCH3 is 2. The summed E-state index contributed by atoms with van der Waals surface area (Å²) in [5.41, 5.74) is 3.07. The van der Waals surface area contributed by atoms with Crippen LogP contribution in [0.1, 0.15) is 5.56 Å². The number of hydrogen-bond donors (Lipinski definition) is 1. The summed E-state index contributed by atoms with van der Waals surface area (Å²) in [6, 6.07) is 11.3. The standard InChI is InChI=1S/C18H16ClN7O2/c1-27-15-7-13-14(8-16(15)28-2)20-10-21-17(13)18-23-24-25-26(18)9-11-4-3-5-12(6-11)22-19/h3-8,10,22H,9H2,1-2H3. The highest BCUT2D eigenvalue weighted by Gasteiger charge is 2.17. The first-order valence-corrected chi connectivity index (χ1v) is 8.70. The van der Waals surface area contributed by atoms with Gasteiger partial charge in [0.15, 0.2) is 11.5 Å². The summed E-state index contributed by atoms with van der Waals surface area (Å²) in [5, 5.41) is 12.9. The Hall–Kier alpha value is -3.46. The number of rotatable bonds is 6. The summed E-state index contributed by atoms with van der Waals surface area (Å²) >= 11 is 5.69. The normalized spacial score (nSPS) is 10.8. The molecule has 4 rings (SSSR count). The molecule has 0 saturated carbocycles. The zero-order valence-electron chi connectivity index (χ0n) is 15.1. The number of fused-ring (bicyclic) bond motifs is 1. The van der Waals surface area contributed by atoms with Gasteiger partial charge < -0.3 is 9.47 Å². The van der Waals surface area contributed by atoms with E-state index in [9.17, 15) is 0 Å². The predicted molar refractivity (Wildman–Crippen MR) is 104 cm³/mol.